The van der Waals surface area contributed by atoms with Gasteiger partial charge in [-0.05, 0) is 6.92 Å². The smallest absolute Gasteiger partial charge is 0.407 e. The first-order valence-electron chi connectivity index (χ1n) is 5.03. The lowest BCUT2D eigenvalue weighted by Gasteiger charge is -2.26. The average molecular weight is 204 g/mol. The quantitative estimate of drug-likeness (QED) is 0.716. The minimum Gasteiger partial charge on any atom is -0.450 e. The third kappa shape index (κ3) is 4.43. The molecule has 0 saturated carbocycles. The summed E-state index contributed by atoms with van der Waals surface area (Å²) in [4.78, 5) is 13.2. The Balaban J connectivity index is 0.00000196. The SMILES string of the molecule is CCOC(=O)NCCN1CCOCC1.[HH]. The van der Waals surface area contributed by atoms with Gasteiger partial charge in [0.05, 0.1) is 19.8 Å². The molecular formula is C9H20N2O3. The topological polar surface area (TPSA) is 50.8 Å². The van der Waals surface area contributed by atoms with Crippen LogP contribution in [0.1, 0.15) is 8.35 Å². The Hall–Kier alpha value is -0.810. The zero-order chi connectivity index (χ0) is 10.2. The maximum Gasteiger partial charge on any atom is 0.407 e. The predicted molar refractivity (Wildman–Crippen MR) is 54.4 cm³/mol. The van der Waals surface area contributed by atoms with E-state index >= 15 is 0 Å². The number of ether oxygens (including phenoxy) is 2. The molecule has 1 aliphatic rings. The molecule has 0 radical (unpaired) electrons. The second kappa shape index (κ2) is 6.62. The number of hydrogen-bond acceptors (Lipinski definition) is 4. The van der Waals surface area contributed by atoms with Crippen molar-refractivity contribution in [3.8, 4) is 0 Å². The van der Waals surface area contributed by atoms with Crippen LogP contribution in [0.4, 0.5) is 4.79 Å². The number of rotatable bonds is 4. The lowest BCUT2D eigenvalue weighted by molar-refractivity contribution is 0.0383. The molecule has 1 N–H and O–H groups in total. The number of carbonyl (C=O) groups is 1. The molecule has 0 aliphatic carbocycles. The fourth-order valence-corrected chi connectivity index (χ4v) is 1.32. The van der Waals surface area contributed by atoms with Crippen LogP contribution in [-0.2, 0) is 9.47 Å². The molecule has 1 aliphatic heterocycles. The standard InChI is InChI=1S/C9H18N2O3.H2/c1-2-14-9(12)10-3-4-11-5-7-13-8-6-11;/h2-8H2,1H3,(H,10,12);1H. The summed E-state index contributed by atoms with van der Waals surface area (Å²) in [6.07, 6.45) is -0.333. The van der Waals surface area contributed by atoms with Gasteiger partial charge in [-0.15, -0.1) is 0 Å². The van der Waals surface area contributed by atoms with Crippen molar-refractivity contribution < 1.29 is 15.7 Å². The Morgan fingerprint density at radius 2 is 2.29 bits per heavy atom. The second-order valence-electron chi connectivity index (χ2n) is 3.10. The monoisotopic (exact) mass is 204 g/mol. The lowest BCUT2D eigenvalue weighted by atomic mass is 10.4. The maximum atomic E-state index is 10.9. The van der Waals surface area contributed by atoms with Gasteiger partial charge in [-0.3, -0.25) is 4.90 Å². The number of alkyl carbamates (subject to hydrolysis) is 1. The van der Waals surface area contributed by atoms with Crippen molar-refractivity contribution in [3.05, 3.63) is 0 Å². The third-order valence-electron chi connectivity index (χ3n) is 2.08. The van der Waals surface area contributed by atoms with Crippen LogP contribution in [0.2, 0.25) is 0 Å². The van der Waals surface area contributed by atoms with Crippen LogP contribution >= 0.6 is 0 Å². The lowest BCUT2D eigenvalue weighted by Crippen LogP contribution is -2.41. The first kappa shape index (κ1) is 11.3. The highest BCUT2D eigenvalue weighted by molar-refractivity contribution is 5.66. The van der Waals surface area contributed by atoms with E-state index < -0.39 is 0 Å². The number of amides is 1. The van der Waals surface area contributed by atoms with E-state index in [1.165, 1.54) is 0 Å². The number of nitrogens with zero attached hydrogens (tertiary/aromatic N) is 1. The number of hydrogen-bond donors (Lipinski definition) is 1. The highest BCUT2D eigenvalue weighted by Gasteiger charge is 2.09. The van der Waals surface area contributed by atoms with Crippen LogP contribution in [0, 0.1) is 0 Å². The van der Waals surface area contributed by atoms with Gasteiger partial charge in [0.1, 0.15) is 0 Å². The molecule has 1 heterocycles. The van der Waals surface area contributed by atoms with Crippen LogP contribution in [0.3, 0.4) is 0 Å². The predicted octanol–water partition coefficient (Wildman–Crippen LogP) is 0.311. The van der Waals surface area contributed by atoms with E-state index in [1.54, 1.807) is 6.92 Å². The van der Waals surface area contributed by atoms with Gasteiger partial charge in [0.15, 0.2) is 0 Å². The summed E-state index contributed by atoms with van der Waals surface area (Å²) in [5, 5.41) is 2.69. The molecular weight excluding hydrogens is 184 g/mol. The molecule has 0 aromatic heterocycles. The summed E-state index contributed by atoms with van der Waals surface area (Å²) >= 11 is 0. The Labute approximate surface area is 85.8 Å². The zero-order valence-electron chi connectivity index (χ0n) is 8.62. The zero-order valence-corrected chi connectivity index (χ0v) is 8.62. The van der Waals surface area contributed by atoms with E-state index in [1.807, 2.05) is 0 Å². The molecule has 1 saturated heterocycles. The summed E-state index contributed by atoms with van der Waals surface area (Å²) in [7, 11) is 0. The second-order valence-corrected chi connectivity index (χ2v) is 3.10. The van der Waals surface area contributed by atoms with Crippen molar-refractivity contribution in [2.24, 2.45) is 0 Å². The Morgan fingerprint density at radius 3 is 2.93 bits per heavy atom. The normalized spacial score (nSPS) is 17.8. The van der Waals surface area contributed by atoms with Gasteiger partial charge in [-0.2, -0.15) is 0 Å². The number of morpholine rings is 1. The van der Waals surface area contributed by atoms with Crippen LogP contribution < -0.4 is 5.32 Å². The molecule has 0 atom stereocenters. The fourth-order valence-electron chi connectivity index (χ4n) is 1.32. The summed E-state index contributed by atoms with van der Waals surface area (Å²) in [6, 6.07) is 0. The van der Waals surface area contributed by atoms with Gasteiger partial charge < -0.3 is 14.8 Å². The van der Waals surface area contributed by atoms with Crippen molar-refractivity contribution in [1.29, 1.82) is 0 Å². The van der Waals surface area contributed by atoms with Crippen molar-refractivity contribution in [3.63, 3.8) is 0 Å². The molecule has 1 rings (SSSR count). The van der Waals surface area contributed by atoms with Gasteiger partial charge in [-0.25, -0.2) is 4.79 Å². The van der Waals surface area contributed by atoms with E-state index in [0.717, 1.165) is 32.8 Å². The molecule has 0 bridgehead atoms. The van der Waals surface area contributed by atoms with E-state index in [0.29, 0.717) is 13.2 Å². The third-order valence-corrected chi connectivity index (χ3v) is 2.08. The average Bonchev–Trinajstić information content (AvgIpc) is 2.20. The number of nitrogens with one attached hydrogen (secondary N) is 1. The minimum atomic E-state index is -0.333. The first-order chi connectivity index (χ1) is 6.83. The molecule has 5 nitrogen and oxygen atoms in total. The van der Waals surface area contributed by atoms with Crippen molar-refractivity contribution in [2.45, 2.75) is 6.92 Å². The van der Waals surface area contributed by atoms with Crippen molar-refractivity contribution in [1.82, 2.24) is 10.2 Å². The van der Waals surface area contributed by atoms with E-state index in [-0.39, 0.29) is 7.52 Å². The number of carbonyl (C=O) groups excluding carboxylic acids is 1. The van der Waals surface area contributed by atoms with Crippen LogP contribution in [-0.4, -0.2) is 57.0 Å². The largest absolute Gasteiger partial charge is 0.450 e. The molecule has 0 aromatic carbocycles. The molecule has 84 valence electrons. The van der Waals surface area contributed by atoms with Crippen molar-refractivity contribution in [2.75, 3.05) is 46.0 Å². The molecule has 0 unspecified atom stereocenters. The van der Waals surface area contributed by atoms with Crippen LogP contribution in [0.5, 0.6) is 0 Å². The minimum absolute atomic E-state index is 0. The summed E-state index contributed by atoms with van der Waals surface area (Å²) in [5.41, 5.74) is 0. The Kier molecular flexibility index (Phi) is 5.32. The summed E-state index contributed by atoms with van der Waals surface area (Å²) in [6.45, 7) is 7.19. The highest BCUT2D eigenvalue weighted by Crippen LogP contribution is 1.94. The van der Waals surface area contributed by atoms with Gasteiger partial charge >= 0.3 is 6.09 Å². The first-order valence-corrected chi connectivity index (χ1v) is 5.03. The van der Waals surface area contributed by atoms with Crippen LogP contribution in [0.15, 0.2) is 0 Å². The Morgan fingerprint density at radius 1 is 1.57 bits per heavy atom. The van der Waals surface area contributed by atoms with E-state index in [4.69, 9.17) is 9.47 Å². The molecule has 14 heavy (non-hydrogen) atoms. The van der Waals surface area contributed by atoms with Gasteiger partial charge in [0.2, 0.25) is 0 Å². The maximum absolute atomic E-state index is 10.9. The highest BCUT2D eigenvalue weighted by atomic mass is 16.5. The van der Waals surface area contributed by atoms with Gasteiger partial charge in [0, 0.05) is 27.6 Å². The van der Waals surface area contributed by atoms with E-state index in [9.17, 15) is 4.79 Å². The Bertz CT molecular complexity index is 175. The fraction of sp³-hybridized carbons (Fsp3) is 0.889. The van der Waals surface area contributed by atoms with Gasteiger partial charge in [-0.1, -0.05) is 0 Å². The van der Waals surface area contributed by atoms with Gasteiger partial charge in [0.25, 0.3) is 0 Å². The van der Waals surface area contributed by atoms with Crippen molar-refractivity contribution >= 4 is 6.09 Å². The molecule has 1 fully saturated rings. The summed E-state index contributed by atoms with van der Waals surface area (Å²) in [5.74, 6) is 0. The molecule has 0 spiro atoms. The molecule has 0 aromatic rings. The van der Waals surface area contributed by atoms with E-state index in [2.05, 4.69) is 10.2 Å². The summed E-state index contributed by atoms with van der Waals surface area (Å²) < 4.78 is 9.95. The molecule has 5 heteroatoms. The van der Waals surface area contributed by atoms with Crippen LogP contribution in [0.25, 0.3) is 0 Å². The molecule has 1 amide bonds.